The van der Waals surface area contributed by atoms with Crippen molar-refractivity contribution in [2.45, 2.75) is 18.6 Å². The molecule has 2 rings (SSSR count). The van der Waals surface area contributed by atoms with Crippen LogP contribution in [-0.4, -0.2) is 45.7 Å². The molecule has 0 aliphatic rings. The largest absolute Gasteiger partial charge is 0.416 e. The molecule has 0 bridgehead atoms. The molecule has 0 spiro atoms. The summed E-state index contributed by atoms with van der Waals surface area (Å²) in [5.74, 6) is 0. The van der Waals surface area contributed by atoms with Crippen molar-refractivity contribution in [3.8, 4) is 0 Å². The molecular weight excluding hydrogens is 283 g/mol. The number of halogens is 3. The highest BCUT2D eigenvalue weighted by Crippen LogP contribution is 2.30. The van der Waals surface area contributed by atoms with Crippen molar-refractivity contribution in [1.29, 1.82) is 0 Å². The molecule has 0 N–H and O–H groups in total. The lowest BCUT2D eigenvalue weighted by molar-refractivity contribution is -0.137. The van der Waals surface area contributed by atoms with Crippen molar-refractivity contribution in [2.75, 3.05) is 20.6 Å². The minimum atomic E-state index is -4.33. The zero-order valence-electron chi connectivity index (χ0n) is 11.7. The van der Waals surface area contributed by atoms with Crippen molar-refractivity contribution in [3.05, 3.63) is 41.7 Å². The standard InChI is InChI=1S/C13H16F3N5/c1-20(2)8-7-12(21-18-9-17-19-21)10-3-5-11(6-4-10)13(14,15)16/h3-6,9,12H,7-8H2,1-2H3. The van der Waals surface area contributed by atoms with E-state index in [1.165, 1.54) is 23.3 Å². The first-order valence-electron chi connectivity index (χ1n) is 6.42. The summed E-state index contributed by atoms with van der Waals surface area (Å²) in [5, 5.41) is 11.5. The molecule has 21 heavy (non-hydrogen) atoms. The summed E-state index contributed by atoms with van der Waals surface area (Å²) in [4.78, 5) is 3.42. The highest BCUT2D eigenvalue weighted by atomic mass is 19.4. The third-order valence-electron chi connectivity index (χ3n) is 3.12. The third kappa shape index (κ3) is 4.01. The maximum atomic E-state index is 12.6. The highest BCUT2D eigenvalue weighted by molar-refractivity contribution is 5.27. The number of alkyl halides is 3. The Bertz CT molecular complexity index is 548. The average Bonchev–Trinajstić information content (AvgIpc) is 2.92. The Morgan fingerprint density at radius 1 is 1.19 bits per heavy atom. The van der Waals surface area contributed by atoms with E-state index in [0.29, 0.717) is 6.42 Å². The van der Waals surface area contributed by atoms with Gasteiger partial charge in [0.05, 0.1) is 11.6 Å². The third-order valence-corrected chi connectivity index (χ3v) is 3.12. The number of tetrazole rings is 1. The van der Waals surface area contributed by atoms with Gasteiger partial charge in [-0.25, -0.2) is 0 Å². The molecule has 1 aromatic carbocycles. The second-order valence-corrected chi connectivity index (χ2v) is 4.98. The predicted molar refractivity (Wildman–Crippen MR) is 70.6 cm³/mol. The minimum Gasteiger partial charge on any atom is -0.309 e. The SMILES string of the molecule is CN(C)CCC(c1ccc(C(F)(F)F)cc1)n1ncnn1. The number of rotatable bonds is 5. The van der Waals surface area contributed by atoms with Crippen molar-refractivity contribution in [3.63, 3.8) is 0 Å². The molecule has 8 heteroatoms. The van der Waals surface area contributed by atoms with Gasteiger partial charge in [-0.1, -0.05) is 12.1 Å². The van der Waals surface area contributed by atoms with Crippen LogP contribution < -0.4 is 0 Å². The van der Waals surface area contributed by atoms with Crippen LogP contribution in [0.25, 0.3) is 0 Å². The lowest BCUT2D eigenvalue weighted by Crippen LogP contribution is -2.21. The number of benzene rings is 1. The molecule has 0 aliphatic carbocycles. The van der Waals surface area contributed by atoms with Crippen LogP contribution in [0.5, 0.6) is 0 Å². The van der Waals surface area contributed by atoms with Gasteiger partial charge >= 0.3 is 6.18 Å². The van der Waals surface area contributed by atoms with E-state index in [1.54, 1.807) is 0 Å². The van der Waals surface area contributed by atoms with E-state index >= 15 is 0 Å². The van der Waals surface area contributed by atoms with Gasteiger partial charge in [0.1, 0.15) is 0 Å². The van der Waals surface area contributed by atoms with Crippen molar-refractivity contribution < 1.29 is 13.2 Å². The minimum absolute atomic E-state index is 0.239. The van der Waals surface area contributed by atoms with Crippen LogP contribution in [0.1, 0.15) is 23.6 Å². The van der Waals surface area contributed by atoms with Crippen LogP contribution in [0.4, 0.5) is 13.2 Å². The molecule has 0 fully saturated rings. The van der Waals surface area contributed by atoms with Crippen molar-refractivity contribution in [1.82, 2.24) is 25.1 Å². The fraction of sp³-hybridized carbons (Fsp3) is 0.462. The van der Waals surface area contributed by atoms with Crippen LogP contribution in [-0.2, 0) is 6.18 Å². The normalized spacial score (nSPS) is 13.6. The zero-order chi connectivity index (χ0) is 15.5. The van der Waals surface area contributed by atoms with Crippen LogP contribution in [0.3, 0.4) is 0 Å². The zero-order valence-corrected chi connectivity index (χ0v) is 11.7. The number of aromatic nitrogens is 4. The molecule has 1 heterocycles. The van der Waals surface area contributed by atoms with E-state index in [4.69, 9.17) is 0 Å². The summed E-state index contributed by atoms with van der Waals surface area (Å²) in [7, 11) is 3.86. The van der Waals surface area contributed by atoms with E-state index in [0.717, 1.165) is 24.2 Å². The maximum absolute atomic E-state index is 12.6. The average molecular weight is 299 g/mol. The monoisotopic (exact) mass is 299 g/mol. The fourth-order valence-corrected chi connectivity index (χ4v) is 2.01. The van der Waals surface area contributed by atoms with Gasteiger partial charge in [0.25, 0.3) is 0 Å². The van der Waals surface area contributed by atoms with Gasteiger partial charge in [-0.05, 0) is 50.0 Å². The van der Waals surface area contributed by atoms with Crippen molar-refractivity contribution in [2.24, 2.45) is 0 Å². The molecule has 0 amide bonds. The van der Waals surface area contributed by atoms with Crippen LogP contribution in [0.15, 0.2) is 30.6 Å². The Balaban J connectivity index is 2.24. The number of hydrogen-bond acceptors (Lipinski definition) is 4. The summed E-state index contributed by atoms with van der Waals surface area (Å²) in [6.07, 6.45) is -2.34. The Kier molecular flexibility index (Phi) is 4.56. The topological polar surface area (TPSA) is 46.8 Å². The Labute approximate surface area is 120 Å². The van der Waals surface area contributed by atoms with E-state index in [9.17, 15) is 13.2 Å². The highest BCUT2D eigenvalue weighted by Gasteiger charge is 2.30. The molecule has 0 aliphatic heterocycles. The molecule has 1 atom stereocenters. The number of nitrogens with zero attached hydrogens (tertiary/aromatic N) is 5. The fourth-order valence-electron chi connectivity index (χ4n) is 2.01. The van der Waals surface area contributed by atoms with Gasteiger partial charge in [-0.2, -0.15) is 18.0 Å². The van der Waals surface area contributed by atoms with Crippen LogP contribution >= 0.6 is 0 Å². The van der Waals surface area contributed by atoms with E-state index in [2.05, 4.69) is 15.4 Å². The quantitative estimate of drug-likeness (QED) is 0.849. The Morgan fingerprint density at radius 3 is 2.33 bits per heavy atom. The summed E-state index contributed by atoms with van der Waals surface area (Å²) in [6.45, 7) is 0.757. The Hall–Kier alpha value is -1.96. The molecule has 0 saturated carbocycles. The van der Waals surface area contributed by atoms with Crippen LogP contribution in [0.2, 0.25) is 0 Å². The van der Waals surface area contributed by atoms with Crippen molar-refractivity contribution >= 4 is 0 Å². The van der Waals surface area contributed by atoms with Gasteiger partial charge < -0.3 is 4.90 Å². The summed E-state index contributed by atoms with van der Waals surface area (Å²) in [6, 6.07) is 4.85. The summed E-state index contributed by atoms with van der Waals surface area (Å²) < 4.78 is 37.8. The molecule has 1 unspecified atom stereocenters. The molecule has 2 aromatic rings. The predicted octanol–water partition coefficient (Wildman–Crippen LogP) is 2.23. The molecule has 114 valence electrons. The second kappa shape index (κ2) is 6.21. The first-order chi connectivity index (χ1) is 9.88. The smallest absolute Gasteiger partial charge is 0.309 e. The lowest BCUT2D eigenvalue weighted by atomic mass is 10.0. The number of hydrogen-bond donors (Lipinski definition) is 0. The summed E-state index contributed by atoms with van der Waals surface area (Å²) >= 11 is 0. The first-order valence-corrected chi connectivity index (χ1v) is 6.42. The van der Waals surface area contributed by atoms with Gasteiger partial charge in [-0.15, -0.1) is 10.2 Å². The second-order valence-electron chi connectivity index (χ2n) is 4.98. The van der Waals surface area contributed by atoms with E-state index in [-0.39, 0.29) is 6.04 Å². The molecule has 0 radical (unpaired) electrons. The molecule has 0 saturated heterocycles. The molecule has 5 nitrogen and oxygen atoms in total. The molecule has 1 aromatic heterocycles. The summed E-state index contributed by atoms with van der Waals surface area (Å²) in [5.41, 5.74) is 0.0620. The van der Waals surface area contributed by atoms with E-state index in [1.807, 2.05) is 19.0 Å². The van der Waals surface area contributed by atoms with Gasteiger partial charge in [0, 0.05) is 0 Å². The van der Waals surface area contributed by atoms with Crippen LogP contribution in [0, 0.1) is 0 Å². The maximum Gasteiger partial charge on any atom is 0.416 e. The van der Waals surface area contributed by atoms with Gasteiger partial charge in [0.2, 0.25) is 0 Å². The van der Waals surface area contributed by atoms with E-state index < -0.39 is 11.7 Å². The van der Waals surface area contributed by atoms with Gasteiger partial charge in [0.15, 0.2) is 6.33 Å². The van der Waals surface area contributed by atoms with Gasteiger partial charge in [-0.3, -0.25) is 0 Å². The molecular formula is C13H16F3N5. The first kappa shape index (κ1) is 15.4. The lowest BCUT2D eigenvalue weighted by Gasteiger charge is -2.19. The Morgan fingerprint density at radius 2 is 1.86 bits per heavy atom.